The van der Waals surface area contributed by atoms with Crippen LogP contribution in [0.3, 0.4) is 0 Å². The Morgan fingerprint density at radius 3 is 2.94 bits per heavy atom. The summed E-state index contributed by atoms with van der Waals surface area (Å²) < 4.78 is 14.5. The Labute approximate surface area is 110 Å². The number of aromatic nitrogens is 1. The molecule has 94 valence electrons. The predicted octanol–water partition coefficient (Wildman–Crippen LogP) is 2.51. The Morgan fingerprint density at radius 2 is 2.29 bits per heavy atom. The minimum absolute atomic E-state index is 0.251. The van der Waals surface area contributed by atoms with E-state index < -0.39 is 0 Å². The summed E-state index contributed by atoms with van der Waals surface area (Å²) in [5, 5.41) is 0. The summed E-state index contributed by atoms with van der Waals surface area (Å²) in [6.07, 6.45) is 2.73. The summed E-state index contributed by atoms with van der Waals surface area (Å²) in [5.41, 5.74) is 0. The van der Waals surface area contributed by atoms with Gasteiger partial charge in [-0.25, -0.2) is 9.37 Å². The molecule has 0 aromatic carbocycles. The molecule has 1 atom stereocenters. The number of rotatable bonds is 2. The van der Waals surface area contributed by atoms with E-state index in [1.807, 2.05) is 4.90 Å². The number of hydrogen-bond acceptors (Lipinski definition) is 3. The molecule has 0 saturated carbocycles. The molecule has 1 aliphatic heterocycles. The highest BCUT2D eigenvalue weighted by molar-refractivity contribution is 9.10. The van der Waals surface area contributed by atoms with Crippen LogP contribution in [0.1, 0.15) is 13.3 Å². The molecule has 1 saturated heterocycles. The van der Waals surface area contributed by atoms with Gasteiger partial charge in [0.2, 0.25) is 0 Å². The van der Waals surface area contributed by atoms with Gasteiger partial charge in [0.05, 0.1) is 0 Å². The fourth-order valence-electron chi connectivity index (χ4n) is 2.22. The molecule has 0 spiro atoms. The summed E-state index contributed by atoms with van der Waals surface area (Å²) in [6, 6.07) is 1.95. The van der Waals surface area contributed by atoms with Gasteiger partial charge in [-0.3, -0.25) is 4.90 Å². The third-order valence-corrected chi connectivity index (χ3v) is 3.77. The van der Waals surface area contributed by atoms with Crippen molar-refractivity contribution in [2.75, 3.05) is 31.6 Å². The van der Waals surface area contributed by atoms with Crippen molar-refractivity contribution in [3.8, 4) is 0 Å². The average molecular weight is 302 g/mol. The molecule has 0 aliphatic carbocycles. The zero-order valence-electron chi connectivity index (χ0n) is 10.2. The van der Waals surface area contributed by atoms with Gasteiger partial charge in [-0.1, -0.05) is 6.92 Å². The standard InChI is InChI=1S/C12H17BrFN3/c1-3-10-8-17(5-4-16(10)2)12-11(14)6-9(13)7-15-12/h6-7,10H,3-5,8H2,1-2H3. The lowest BCUT2D eigenvalue weighted by molar-refractivity contribution is 0.212. The van der Waals surface area contributed by atoms with Gasteiger partial charge in [-0.2, -0.15) is 0 Å². The topological polar surface area (TPSA) is 19.4 Å². The number of halogens is 2. The molecule has 1 aromatic rings. The van der Waals surface area contributed by atoms with Crippen LogP contribution in [0.5, 0.6) is 0 Å². The van der Waals surface area contributed by atoms with Gasteiger partial charge < -0.3 is 4.90 Å². The van der Waals surface area contributed by atoms with E-state index in [9.17, 15) is 4.39 Å². The monoisotopic (exact) mass is 301 g/mol. The van der Waals surface area contributed by atoms with E-state index in [1.165, 1.54) is 6.07 Å². The molecule has 5 heteroatoms. The fraction of sp³-hybridized carbons (Fsp3) is 0.583. The Bertz CT molecular complexity index is 399. The summed E-state index contributed by atoms with van der Waals surface area (Å²) >= 11 is 3.23. The maximum atomic E-state index is 13.8. The van der Waals surface area contributed by atoms with Crippen molar-refractivity contribution >= 4 is 21.7 Å². The second-order valence-corrected chi connectivity index (χ2v) is 5.36. The zero-order valence-corrected chi connectivity index (χ0v) is 11.7. The summed E-state index contributed by atoms with van der Waals surface area (Å²) in [6.45, 7) is 4.79. The van der Waals surface area contributed by atoms with Crippen LogP contribution in [0.15, 0.2) is 16.7 Å². The SMILES string of the molecule is CCC1CN(c2ncc(Br)cc2F)CCN1C. The van der Waals surface area contributed by atoms with E-state index >= 15 is 0 Å². The van der Waals surface area contributed by atoms with Gasteiger partial charge in [0.25, 0.3) is 0 Å². The minimum atomic E-state index is -0.251. The molecule has 1 aromatic heterocycles. The quantitative estimate of drug-likeness (QED) is 0.837. The zero-order chi connectivity index (χ0) is 12.4. The average Bonchev–Trinajstić information content (AvgIpc) is 2.30. The number of anilines is 1. The van der Waals surface area contributed by atoms with Gasteiger partial charge in [0.15, 0.2) is 11.6 Å². The van der Waals surface area contributed by atoms with E-state index in [2.05, 4.69) is 39.8 Å². The number of pyridine rings is 1. The summed E-state index contributed by atoms with van der Waals surface area (Å²) in [5.74, 6) is 0.221. The molecule has 3 nitrogen and oxygen atoms in total. The molecule has 0 radical (unpaired) electrons. The molecule has 1 unspecified atom stereocenters. The molecule has 1 aliphatic rings. The van der Waals surface area contributed by atoms with Crippen LogP contribution >= 0.6 is 15.9 Å². The van der Waals surface area contributed by atoms with Crippen LogP contribution in [0.4, 0.5) is 10.2 Å². The first-order chi connectivity index (χ1) is 8.11. The first-order valence-corrected chi connectivity index (χ1v) is 6.67. The van der Waals surface area contributed by atoms with Gasteiger partial charge in [-0.15, -0.1) is 0 Å². The maximum Gasteiger partial charge on any atom is 0.166 e. The van der Waals surface area contributed by atoms with Crippen LogP contribution in [0, 0.1) is 5.82 Å². The van der Waals surface area contributed by atoms with Crippen molar-refractivity contribution in [2.45, 2.75) is 19.4 Å². The normalized spacial score (nSPS) is 21.9. The Morgan fingerprint density at radius 1 is 1.53 bits per heavy atom. The maximum absolute atomic E-state index is 13.8. The lowest BCUT2D eigenvalue weighted by Gasteiger charge is -2.39. The van der Waals surface area contributed by atoms with Crippen LogP contribution < -0.4 is 4.90 Å². The van der Waals surface area contributed by atoms with Crippen molar-refractivity contribution < 1.29 is 4.39 Å². The number of piperazine rings is 1. The first kappa shape index (κ1) is 12.8. The molecule has 1 fully saturated rings. The van der Waals surface area contributed by atoms with E-state index in [-0.39, 0.29) is 5.82 Å². The molecule has 2 rings (SSSR count). The highest BCUT2D eigenvalue weighted by Gasteiger charge is 2.25. The highest BCUT2D eigenvalue weighted by atomic mass is 79.9. The molecule has 0 bridgehead atoms. The number of hydrogen-bond donors (Lipinski definition) is 0. The lowest BCUT2D eigenvalue weighted by Crippen LogP contribution is -2.51. The first-order valence-electron chi connectivity index (χ1n) is 5.88. The van der Waals surface area contributed by atoms with Crippen molar-refractivity contribution in [1.82, 2.24) is 9.88 Å². The molecule has 0 amide bonds. The van der Waals surface area contributed by atoms with Crippen LogP contribution in [-0.2, 0) is 0 Å². The van der Waals surface area contributed by atoms with E-state index in [0.29, 0.717) is 16.3 Å². The van der Waals surface area contributed by atoms with Gasteiger partial charge in [0, 0.05) is 36.3 Å². The van der Waals surface area contributed by atoms with Crippen LogP contribution in [-0.4, -0.2) is 42.6 Å². The number of nitrogens with zero attached hydrogens (tertiary/aromatic N) is 3. The highest BCUT2D eigenvalue weighted by Crippen LogP contribution is 2.22. The summed E-state index contributed by atoms with van der Waals surface area (Å²) in [7, 11) is 2.12. The molecular formula is C12H17BrFN3. The van der Waals surface area contributed by atoms with Gasteiger partial charge >= 0.3 is 0 Å². The lowest BCUT2D eigenvalue weighted by atomic mass is 10.1. The van der Waals surface area contributed by atoms with Crippen molar-refractivity contribution in [3.05, 3.63) is 22.6 Å². The van der Waals surface area contributed by atoms with Crippen LogP contribution in [0.25, 0.3) is 0 Å². The Hall–Kier alpha value is -0.680. The third-order valence-electron chi connectivity index (χ3n) is 3.34. The molecular weight excluding hydrogens is 285 g/mol. The second-order valence-electron chi connectivity index (χ2n) is 4.45. The fourth-order valence-corrected chi connectivity index (χ4v) is 2.52. The summed E-state index contributed by atoms with van der Waals surface area (Å²) in [4.78, 5) is 8.55. The van der Waals surface area contributed by atoms with Crippen molar-refractivity contribution in [3.63, 3.8) is 0 Å². The van der Waals surface area contributed by atoms with Gasteiger partial charge in [-0.05, 0) is 35.5 Å². The van der Waals surface area contributed by atoms with Crippen molar-refractivity contribution in [2.24, 2.45) is 0 Å². The van der Waals surface area contributed by atoms with Crippen LogP contribution in [0.2, 0.25) is 0 Å². The van der Waals surface area contributed by atoms with Crippen molar-refractivity contribution in [1.29, 1.82) is 0 Å². The smallest absolute Gasteiger partial charge is 0.166 e. The Kier molecular flexibility index (Phi) is 3.99. The molecule has 2 heterocycles. The second kappa shape index (κ2) is 5.31. The van der Waals surface area contributed by atoms with E-state index in [1.54, 1.807) is 6.20 Å². The molecule has 17 heavy (non-hydrogen) atoms. The minimum Gasteiger partial charge on any atom is -0.351 e. The largest absolute Gasteiger partial charge is 0.351 e. The third kappa shape index (κ3) is 2.77. The Balaban J connectivity index is 2.17. The predicted molar refractivity (Wildman–Crippen MR) is 70.8 cm³/mol. The van der Waals surface area contributed by atoms with E-state index in [4.69, 9.17) is 0 Å². The number of likely N-dealkylation sites (N-methyl/N-ethyl adjacent to an activating group) is 1. The van der Waals surface area contributed by atoms with Gasteiger partial charge in [0.1, 0.15) is 0 Å². The molecule has 0 N–H and O–H groups in total. The van der Waals surface area contributed by atoms with E-state index in [0.717, 1.165) is 26.1 Å².